The van der Waals surface area contributed by atoms with E-state index in [1.807, 2.05) is 0 Å². The van der Waals surface area contributed by atoms with E-state index in [2.05, 4.69) is 5.32 Å². The first-order chi connectivity index (χ1) is 7.33. The molecule has 15 heavy (non-hydrogen) atoms. The van der Waals surface area contributed by atoms with Crippen LogP contribution in [-0.4, -0.2) is 19.0 Å². The van der Waals surface area contributed by atoms with Crippen molar-refractivity contribution >= 4 is 5.91 Å². The van der Waals surface area contributed by atoms with E-state index in [1.165, 1.54) is 32.1 Å². The fourth-order valence-corrected chi connectivity index (χ4v) is 2.27. The monoisotopic (exact) mass is 212 g/mol. The first-order valence-corrected chi connectivity index (χ1v) is 6.29. The van der Waals surface area contributed by atoms with Crippen molar-refractivity contribution < 1.29 is 4.79 Å². The average Bonchev–Trinajstić information content (AvgIpc) is 2.71. The highest BCUT2D eigenvalue weighted by molar-refractivity contribution is 5.75. The standard InChI is InChI=1S/C12H24N2O/c13-9-4-10-14-12(15)8-3-7-11-5-1-2-6-11/h11H,1-10,13H2,(H,14,15). The van der Waals surface area contributed by atoms with Gasteiger partial charge in [-0.25, -0.2) is 0 Å². The van der Waals surface area contributed by atoms with Crippen LogP contribution >= 0.6 is 0 Å². The Morgan fingerprint density at radius 1 is 1.27 bits per heavy atom. The number of nitrogens with one attached hydrogen (secondary N) is 1. The highest BCUT2D eigenvalue weighted by atomic mass is 16.1. The maximum absolute atomic E-state index is 11.3. The number of hydrogen-bond acceptors (Lipinski definition) is 2. The number of amides is 1. The van der Waals surface area contributed by atoms with Crippen LogP contribution in [0.3, 0.4) is 0 Å². The summed E-state index contributed by atoms with van der Waals surface area (Å²) in [5, 5.41) is 2.89. The topological polar surface area (TPSA) is 55.1 Å². The number of hydrogen-bond donors (Lipinski definition) is 2. The van der Waals surface area contributed by atoms with Gasteiger partial charge in [-0.3, -0.25) is 4.79 Å². The molecular weight excluding hydrogens is 188 g/mol. The summed E-state index contributed by atoms with van der Waals surface area (Å²) >= 11 is 0. The van der Waals surface area contributed by atoms with E-state index in [0.717, 1.165) is 25.3 Å². The zero-order chi connectivity index (χ0) is 10.9. The van der Waals surface area contributed by atoms with E-state index in [0.29, 0.717) is 13.0 Å². The molecule has 1 rings (SSSR count). The van der Waals surface area contributed by atoms with Gasteiger partial charge in [0.25, 0.3) is 0 Å². The van der Waals surface area contributed by atoms with Crippen LogP contribution in [0.5, 0.6) is 0 Å². The molecule has 0 spiro atoms. The summed E-state index contributed by atoms with van der Waals surface area (Å²) < 4.78 is 0. The Morgan fingerprint density at radius 2 is 2.00 bits per heavy atom. The number of carbonyl (C=O) groups excluding carboxylic acids is 1. The molecule has 1 aliphatic carbocycles. The zero-order valence-electron chi connectivity index (χ0n) is 9.63. The maximum atomic E-state index is 11.3. The largest absolute Gasteiger partial charge is 0.356 e. The van der Waals surface area contributed by atoms with Gasteiger partial charge >= 0.3 is 0 Å². The molecule has 1 saturated carbocycles. The lowest BCUT2D eigenvalue weighted by molar-refractivity contribution is -0.121. The predicted octanol–water partition coefficient (Wildman–Crippen LogP) is 1.81. The van der Waals surface area contributed by atoms with Crippen LogP contribution in [0.15, 0.2) is 0 Å². The van der Waals surface area contributed by atoms with E-state index < -0.39 is 0 Å². The third-order valence-corrected chi connectivity index (χ3v) is 3.19. The van der Waals surface area contributed by atoms with Crippen molar-refractivity contribution in [1.82, 2.24) is 5.32 Å². The van der Waals surface area contributed by atoms with Gasteiger partial charge in [0.15, 0.2) is 0 Å². The van der Waals surface area contributed by atoms with Crippen molar-refractivity contribution in [2.75, 3.05) is 13.1 Å². The van der Waals surface area contributed by atoms with Crippen LogP contribution in [0.1, 0.15) is 51.4 Å². The van der Waals surface area contributed by atoms with Crippen molar-refractivity contribution in [3.63, 3.8) is 0 Å². The molecule has 0 saturated heterocycles. The Balaban J connectivity index is 1.91. The number of rotatable bonds is 7. The molecule has 88 valence electrons. The first-order valence-electron chi connectivity index (χ1n) is 6.29. The van der Waals surface area contributed by atoms with Gasteiger partial charge in [0, 0.05) is 13.0 Å². The van der Waals surface area contributed by atoms with Crippen molar-refractivity contribution in [2.24, 2.45) is 11.7 Å². The van der Waals surface area contributed by atoms with Crippen LogP contribution < -0.4 is 11.1 Å². The molecule has 0 bridgehead atoms. The van der Waals surface area contributed by atoms with Gasteiger partial charge in [0.05, 0.1) is 0 Å². The van der Waals surface area contributed by atoms with Gasteiger partial charge in [-0.15, -0.1) is 0 Å². The Bertz CT molecular complexity index is 176. The molecule has 0 aromatic heterocycles. The molecule has 3 heteroatoms. The lowest BCUT2D eigenvalue weighted by atomic mass is 10.0. The molecule has 1 aliphatic rings. The van der Waals surface area contributed by atoms with E-state index >= 15 is 0 Å². The SMILES string of the molecule is NCCCNC(=O)CCCC1CCCC1. The van der Waals surface area contributed by atoms with Crippen molar-refractivity contribution in [3.05, 3.63) is 0 Å². The van der Waals surface area contributed by atoms with Crippen LogP contribution in [0, 0.1) is 5.92 Å². The molecule has 3 nitrogen and oxygen atoms in total. The average molecular weight is 212 g/mol. The quantitative estimate of drug-likeness (QED) is 0.632. The molecule has 1 fully saturated rings. The fraction of sp³-hybridized carbons (Fsp3) is 0.917. The van der Waals surface area contributed by atoms with E-state index in [9.17, 15) is 4.79 Å². The fourth-order valence-electron chi connectivity index (χ4n) is 2.27. The van der Waals surface area contributed by atoms with Crippen LogP contribution in [0.25, 0.3) is 0 Å². The van der Waals surface area contributed by atoms with Gasteiger partial charge in [0.1, 0.15) is 0 Å². The normalized spacial score (nSPS) is 16.9. The second-order valence-corrected chi connectivity index (χ2v) is 4.53. The maximum Gasteiger partial charge on any atom is 0.219 e. The summed E-state index contributed by atoms with van der Waals surface area (Å²) in [5.41, 5.74) is 5.35. The summed E-state index contributed by atoms with van der Waals surface area (Å²) in [6, 6.07) is 0. The Labute approximate surface area is 92.8 Å². The van der Waals surface area contributed by atoms with Crippen molar-refractivity contribution in [1.29, 1.82) is 0 Å². The van der Waals surface area contributed by atoms with Gasteiger partial charge in [-0.2, -0.15) is 0 Å². The Kier molecular flexibility index (Phi) is 6.41. The molecule has 0 aromatic rings. The summed E-state index contributed by atoms with van der Waals surface area (Å²) in [6.45, 7) is 1.39. The summed E-state index contributed by atoms with van der Waals surface area (Å²) in [5.74, 6) is 1.10. The molecular formula is C12H24N2O. The number of nitrogens with two attached hydrogens (primary N) is 1. The van der Waals surface area contributed by atoms with Crippen LogP contribution in [-0.2, 0) is 4.79 Å². The molecule has 0 aliphatic heterocycles. The van der Waals surface area contributed by atoms with E-state index in [4.69, 9.17) is 5.73 Å². The summed E-state index contributed by atoms with van der Waals surface area (Å²) in [6.07, 6.45) is 9.43. The molecule has 0 atom stereocenters. The second kappa shape index (κ2) is 7.69. The van der Waals surface area contributed by atoms with Gasteiger partial charge < -0.3 is 11.1 Å². The highest BCUT2D eigenvalue weighted by Crippen LogP contribution is 2.28. The molecule has 3 N–H and O–H groups in total. The van der Waals surface area contributed by atoms with Crippen molar-refractivity contribution in [3.8, 4) is 0 Å². The predicted molar refractivity (Wildman–Crippen MR) is 62.5 cm³/mol. The van der Waals surface area contributed by atoms with Gasteiger partial charge in [-0.05, 0) is 31.7 Å². The minimum absolute atomic E-state index is 0.196. The third kappa shape index (κ3) is 5.78. The Morgan fingerprint density at radius 3 is 2.67 bits per heavy atom. The lowest BCUT2D eigenvalue weighted by Crippen LogP contribution is -2.25. The summed E-state index contributed by atoms with van der Waals surface area (Å²) in [7, 11) is 0. The Hall–Kier alpha value is -0.570. The van der Waals surface area contributed by atoms with Crippen LogP contribution in [0.2, 0.25) is 0 Å². The number of carbonyl (C=O) groups is 1. The molecule has 1 amide bonds. The zero-order valence-corrected chi connectivity index (χ0v) is 9.63. The van der Waals surface area contributed by atoms with Crippen molar-refractivity contribution in [2.45, 2.75) is 51.4 Å². The van der Waals surface area contributed by atoms with E-state index in [-0.39, 0.29) is 5.91 Å². The summed E-state index contributed by atoms with van der Waals surface area (Å²) in [4.78, 5) is 11.3. The molecule has 0 unspecified atom stereocenters. The highest BCUT2D eigenvalue weighted by Gasteiger charge is 2.14. The smallest absolute Gasteiger partial charge is 0.219 e. The molecule has 0 heterocycles. The first kappa shape index (κ1) is 12.5. The molecule has 0 aromatic carbocycles. The minimum Gasteiger partial charge on any atom is -0.356 e. The third-order valence-electron chi connectivity index (χ3n) is 3.19. The molecule has 0 radical (unpaired) electrons. The van der Waals surface area contributed by atoms with E-state index in [1.54, 1.807) is 0 Å². The van der Waals surface area contributed by atoms with Gasteiger partial charge in [-0.1, -0.05) is 25.7 Å². The van der Waals surface area contributed by atoms with Gasteiger partial charge in [0.2, 0.25) is 5.91 Å². The van der Waals surface area contributed by atoms with Crippen LogP contribution in [0.4, 0.5) is 0 Å². The second-order valence-electron chi connectivity index (χ2n) is 4.53. The minimum atomic E-state index is 0.196. The lowest BCUT2D eigenvalue weighted by Gasteiger charge is -2.08.